The molecule has 0 aromatic heterocycles. The van der Waals surface area contributed by atoms with Gasteiger partial charge in [0.05, 0.1) is 0 Å². The highest BCUT2D eigenvalue weighted by Crippen LogP contribution is 2.10. The second kappa shape index (κ2) is 3.88. The maximum absolute atomic E-state index is 11.0. The number of carbonyl (C=O) groups is 1. The van der Waals surface area contributed by atoms with Gasteiger partial charge in [0.2, 0.25) is 5.78 Å². The van der Waals surface area contributed by atoms with E-state index < -0.39 is 0 Å². The number of rotatable bonds is 2. The topological polar surface area (TPSA) is 49.7 Å². The average Bonchev–Trinajstić information content (AvgIpc) is 2.05. The Morgan fingerprint density at radius 3 is 2.92 bits per heavy atom. The lowest BCUT2D eigenvalue weighted by atomic mass is 10.1. The molecule has 0 saturated heterocycles. The highest BCUT2D eigenvalue weighted by atomic mass is 35.5. The highest BCUT2D eigenvalue weighted by Gasteiger charge is 2.01. The smallest absolute Gasteiger partial charge is 0.207 e. The van der Waals surface area contributed by atoms with E-state index in [0.29, 0.717) is 10.6 Å². The third-order valence-electron chi connectivity index (χ3n) is 1.28. The van der Waals surface area contributed by atoms with Crippen LogP contribution in [0.2, 0.25) is 5.02 Å². The van der Waals surface area contributed by atoms with Crippen LogP contribution in [0, 0.1) is 0 Å². The standard InChI is InChI=1S/C8H6ClNO2/c9-7-3-1-2-6(4-7)8(11)5-10-12/h1-5,12H. The molecule has 0 atom stereocenters. The molecular formula is C8H6ClNO2. The molecule has 0 unspecified atom stereocenters. The highest BCUT2D eigenvalue weighted by molar-refractivity contribution is 6.36. The fourth-order valence-corrected chi connectivity index (χ4v) is 0.959. The number of hydrogen-bond donors (Lipinski definition) is 1. The number of nitrogens with zero attached hydrogens (tertiary/aromatic N) is 1. The first-order valence-corrected chi connectivity index (χ1v) is 3.59. The number of carbonyl (C=O) groups excluding carboxylic acids is 1. The van der Waals surface area contributed by atoms with E-state index in [1.54, 1.807) is 18.2 Å². The third-order valence-corrected chi connectivity index (χ3v) is 1.52. The summed E-state index contributed by atoms with van der Waals surface area (Å²) in [4.78, 5) is 11.0. The van der Waals surface area contributed by atoms with E-state index >= 15 is 0 Å². The Morgan fingerprint density at radius 1 is 1.58 bits per heavy atom. The van der Waals surface area contributed by atoms with Gasteiger partial charge in [-0.2, -0.15) is 0 Å². The summed E-state index contributed by atoms with van der Waals surface area (Å²) in [5, 5.41) is 11.2. The van der Waals surface area contributed by atoms with Gasteiger partial charge in [-0.15, -0.1) is 0 Å². The minimum atomic E-state index is -0.375. The van der Waals surface area contributed by atoms with Gasteiger partial charge in [0.1, 0.15) is 6.21 Å². The minimum Gasteiger partial charge on any atom is -0.411 e. The summed E-state index contributed by atoms with van der Waals surface area (Å²) < 4.78 is 0. The van der Waals surface area contributed by atoms with Gasteiger partial charge in [0.15, 0.2) is 0 Å². The van der Waals surface area contributed by atoms with Gasteiger partial charge in [-0.05, 0) is 12.1 Å². The van der Waals surface area contributed by atoms with Crippen LogP contribution in [0.25, 0.3) is 0 Å². The summed E-state index contributed by atoms with van der Waals surface area (Å²) in [5.74, 6) is -0.375. The van der Waals surface area contributed by atoms with Crippen LogP contribution in [0.3, 0.4) is 0 Å². The van der Waals surface area contributed by atoms with Gasteiger partial charge in [0.25, 0.3) is 0 Å². The van der Waals surface area contributed by atoms with Gasteiger partial charge in [-0.25, -0.2) is 0 Å². The van der Waals surface area contributed by atoms with E-state index in [9.17, 15) is 4.79 Å². The van der Waals surface area contributed by atoms with Crippen LogP contribution >= 0.6 is 11.6 Å². The van der Waals surface area contributed by atoms with Crippen LogP contribution in [0.5, 0.6) is 0 Å². The van der Waals surface area contributed by atoms with Crippen molar-refractivity contribution in [2.24, 2.45) is 5.16 Å². The number of hydrogen-bond acceptors (Lipinski definition) is 3. The van der Waals surface area contributed by atoms with E-state index in [-0.39, 0.29) is 5.78 Å². The molecule has 0 radical (unpaired) electrons. The van der Waals surface area contributed by atoms with Gasteiger partial charge >= 0.3 is 0 Å². The SMILES string of the molecule is O=C(C=NO)c1cccc(Cl)c1. The first-order chi connectivity index (χ1) is 5.74. The first kappa shape index (κ1) is 8.74. The monoisotopic (exact) mass is 183 g/mol. The van der Waals surface area contributed by atoms with Crippen molar-refractivity contribution in [1.82, 2.24) is 0 Å². The number of oxime groups is 1. The van der Waals surface area contributed by atoms with Crippen LogP contribution in [0.4, 0.5) is 0 Å². The Bertz CT molecular complexity index is 323. The molecule has 1 rings (SSSR count). The lowest BCUT2D eigenvalue weighted by Gasteiger charge is -1.93. The Kier molecular flexibility index (Phi) is 2.82. The molecule has 0 aliphatic heterocycles. The van der Waals surface area contributed by atoms with Gasteiger partial charge in [0, 0.05) is 10.6 Å². The zero-order chi connectivity index (χ0) is 8.97. The minimum absolute atomic E-state index is 0.375. The zero-order valence-electron chi connectivity index (χ0n) is 6.07. The van der Waals surface area contributed by atoms with Gasteiger partial charge in [-0.3, -0.25) is 4.79 Å². The molecule has 1 aromatic rings. The lowest BCUT2D eigenvalue weighted by Crippen LogP contribution is -1.99. The van der Waals surface area contributed by atoms with Crippen molar-refractivity contribution in [1.29, 1.82) is 0 Å². The van der Waals surface area contributed by atoms with Crippen LogP contribution in [0.1, 0.15) is 10.4 Å². The molecule has 3 nitrogen and oxygen atoms in total. The largest absolute Gasteiger partial charge is 0.411 e. The van der Waals surface area contributed by atoms with Crippen LogP contribution in [-0.2, 0) is 0 Å². The molecule has 0 fully saturated rings. The Balaban J connectivity index is 2.96. The van der Waals surface area contributed by atoms with Crippen molar-refractivity contribution in [3.05, 3.63) is 34.9 Å². The second-order valence-electron chi connectivity index (χ2n) is 2.12. The van der Waals surface area contributed by atoms with Crippen molar-refractivity contribution in [3.8, 4) is 0 Å². The van der Waals surface area contributed by atoms with Crippen LogP contribution in [-0.4, -0.2) is 17.2 Å². The number of halogens is 1. The number of ketones is 1. The molecule has 0 bridgehead atoms. The van der Waals surface area contributed by atoms with Crippen molar-refractivity contribution in [2.75, 3.05) is 0 Å². The van der Waals surface area contributed by atoms with Crippen molar-refractivity contribution < 1.29 is 10.0 Å². The molecule has 0 spiro atoms. The van der Waals surface area contributed by atoms with E-state index in [0.717, 1.165) is 6.21 Å². The molecule has 1 aromatic carbocycles. The molecule has 0 aliphatic rings. The fraction of sp³-hybridized carbons (Fsp3) is 0. The van der Waals surface area contributed by atoms with E-state index in [1.165, 1.54) is 6.07 Å². The Labute approximate surface area is 74.3 Å². The molecule has 12 heavy (non-hydrogen) atoms. The number of benzene rings is 1. The molecule has 0 saturated carbocycles. The summed E-state index contributed by atoms with van der Waals surface area (Å²) >= 11 is 5.63. The summed E-state index contributed by atoms with van der Waals surface area (Å²) in [7, 11) is 0. The summed E-state index contributed by atoms with van der Waals surface area (Å²) in [6.45, 7) is 0. The molecule has 0 amide bonds. The second-order valence-corrected chi connectivity index (χ2v) is 2.56. The average molecular weight is 184 g/mol. The first-order valence-electron chi connectivity index (χ1n) is 3.21. The van der Waals surface area contributed by atoms with E-state index in [1.807, 2.05) is 0 Å². The summed E-state index contributed by atoms with van der Waals surface area (Å²) in [5.41, 5.74) is 0.403. The summed E-state index contributed by atoms with van der Waals surface area (Å²) in [6, 6.07) is 6.41. The third kappa shape index (κ3) is 2.07. The zero-order valence-corrected chi connectivity index (χ0v) is 6.82. The molecule has 0 aliphatic carbocycles. The molecule has 62 valence electrons. The predicted octanol–water partition coefficient (Wildman–Crippen LogP) is 1.98. The lowest BCUT2D eigenvalue weighted by molar-refractivity contribution is 0.106. The van der Waals surface area contributed by atoms with Gasteiger partial charge in [-0.1, -0.05) is 28.9 Å². The van der Waals surface area contributed by atoms with Crippen LogP contribution in [0.15, 0.2) is 29.4 Å². The molecule has 4 heteroatoms. The van der Waals surface area contributed by atoms with Crippen molar-refractivity contribution in [3.63, 3.8) is 0 Å². The Morgan fingerprint density at radius 2 is 2.33 bits per heavy atom. The molecule has 0 heterocycles. The maximum Gasteiger partial charge on any atom is 0.207 e. The predicted molar refractivity (Wildman–Crippen MR) is 46.1 cm³/mol. The number of Topliss-reactive ketones (excluding diaryl/α,β-unsaturated/α-hetero) is 1. The molecular weight excluding hydrogens is 178 g/mol. The van der Waals surface area contributed by atoms with Gasteiger partial charge < -0.3 is 5.21 Å². The van der Waals surface area contributed by atoms with Crippen LogP contribution < -0.4 is 0 Å². The maximum atomic E-state index is 11.0. The Hall–Kier alpha value is -1.35. The summed E-state index contributed by atoms with van der Waals surface area (Å²) in [6.07, 6.45) is 0.825. The quantitative estimate of drug-likeness (QED) is 0.330. The molecule has 1 N–H and O–H groups in total. The fourth-order valence-electron chi connectivity index (χ4n) is 0.769. The van der Waals surface area contributed by atoms with E-state index in [2.05, 4.69) is 5.16 Å². The van der Waals surface area contributed by atoms with Crippen molar-refractivity contribution >= 4 is 23.6 Å². The van der Waals surface area contributed by atoms with Crippen molar-refractivity contribution in [2.45, 2.75) is 0 Å². The normalized spacial score (nSPS) is 10.4. The van der Waals surface area contributed by atoms with E-state index in [4.69, 9.17) is 16.8 Å².